The van der Waals surface area contributed by atoms with Gasteiger partial charge in [0.25, 0.3) is 11.8 Å². The molecule has 2 N–H and O–H groups in total. The van der Waals surface area contributed by atoms with E-state index in [1.807, 2.05) is 6.92 Å². The topological polar surface area (TPSA) is 124 Å². The van der Waals surface area contributed by atoms with E-state index in [0.29, 0.717) is 23.7 Å². The number of carbonyl (C=O) groups is 2. The highest BCUT2D eigenvalue weighted by Gasteiger charge is 2.20. The summed E-state index contributed by atoms with van der Waals surface area (Å²) in [5.41, 5.74) is 0.951. The quantitative estimate of drug-likeness (QED) is 0.397. The standard InChI is InChI=1S/C26H28N2O7S/c1-5-21(17-8-11-20(12-9-17)36(4,31)32)27-26(30)22(16-19-7-6-14-35-19)28-25(29)18-10-13-23(33-2)24(15-18)34-3/h6-16,21H,5H2,1-4H3,(H,27,30)(H,28,29)/b22-16-. The van der Waals surface area contributed by atoms with Crippen molar-refractivity contribution < 1.29 is 31.9 Å². The fourth-order valence-electron chi connectivity index (χ4n) is 3.45. The Balaban J connectivity index is 1.85. The van der Waals surface area contributed by atoms with Crippen LogP contribution in [0.15, 0.2) is 75.9 Å². The van der Waals surface area contributed by atoms with E-state index in [1.165, 1.54) is 44.8 Å². The van der Waals surface area contributed by atoms with Gasteiger partial charge in [-0.15, -0.1) is 0 Å². The summed E-state index contributed by atoms with van der Waals surface area (Å²) in [6, 6.07) is 13.8. The Kier molecular flexibility index (Phi) is 8.55. The van der Waals surface area contributed by atoms with Crippen molar-refractivity contribution in [1.82, 2.24) is 10.6 Å². The molecule has 1 atom stereocenters. The molecule has 1 heterocycles. The van der Waals surface area contributed by atoms with E-state index in [1.54, 1.807) is 36.4 Å². The minimum atomic E-state index is -3.34. The minimum absolute atomic E-state index is 0.0315. The molecule has 0 aliphatic carbocycles. The van der Waals surface area contributed by atoms with Crippen LogP contribution in [0.25, 0.3) is 6.08 Å². The average Bonchev–Trinajstić information content (AvgIpc) is 3.39. The van der Waals surface area contributed by atoms with Gasteiger partial charge in [0.05, 0.1) is 31.4 Å². The third kappa shape index (κ3) is 6.54. The first-order valence-corrected chi connectivity index (χ1v) is 12.9. The van der Waals surface area contributed by atoms with E-state index in [-0.39, 0.29) is 16.2 Å². The highest BCUT2D eigenvalue weighted by atomic mass is 32.2. The van der Waals surface area contributed by atoms with Gasteiger partial charge in [-0.2, -0.15) is 0 Å². The zero-order valence-corrected chi connectivity index (χ0v) is 21.2. The summed E-state index contributed by atoms with van der Waals surface area (Å²) in [5.74, 6) is 0.132. The number of nitrogens with one attached hydrogen (secondary N) is 2. The molecule has 0 saturated carbocycles. The zero-order chi connectivity index (χ0) is 26.3. The molecule has 0 saturated heterocycles. The smallest absolute Gasteiger partial charge is 0.268 e. The van der Waals surface area contributed by atoms with E-state index < -0.39 is 27.7 Å². The summed E-state index contributed by atoms with van der Waals surface area (Å²) < 4.78 is 39.3. The van der Waals surface area contributed by atoms with Crippen LogP contribution in [0.1, 0.15) is 41.1 Å². The lowest BCUT2D eigenvalue weighted by Crippen LogP contribution is -2.36. The Morgan fingerprint density at radius 2 is 1.72 bits per heavy atom. The zero-order valence-electron chi connectivity index (χ0n) is 20.4. The van der Waals surface area contributed by atoms with Crippen LogP contribution in [0, 0.1) is 0 Å². The van der Waals surface area contributed by atoms with Crippen molar-refractivity contribution in [2.24, 2.45) is 0 Å². The normalized spacial score (nSPS) is 12.5. The number of hydrogen-bond acceptors (Lipinski definition) is 7. The predicted molar refractivity (Wildman–Crippen MR) is 134 cm³/mol. The number of sulfone groups is 1. The second-order valence-corrected chi connectivity index (χ2v) is 9.89. The fourth-order valence-corrected chi connectivity index (χ4v) is 4.08. The van der Waals surface area contributed by atoms with Gasteiger partial charge in [0.2, 0.25) is 0 Å². The molecule has 3 rings (SSSR count). The van der Waals surface area contributed by atoms with Crippen LogP contribution in [-0.4, -0.2) is 40.7 Å². The van der Waals surface area contributed by atoms with Crippen LogP contribution in [0.5, 0.6) is 11.5 Å². The van der Waals surface area contributed by atoms with E-state index in [0.717, 1.165) is 11.8 Å². The van der Waals surface area contributed by atoms with Gasteiger partial charge in [0, 0.05) is 17.9 Å². The van der Waals surface area contributed by atoms with Crippen LogP contribution >= 0.6 is 0 Å². The van der Waals surface area contributed by atoms with E-state index in [2.05, 4.69) is 10.6 Å². The molecule has 0 radical (unpaired) electrons. The summed E-state index contributed by atoms with van der Waals surface area (Å²) >= 11 is 0. The number of carbonyl (C=O) groups excluding carboxylic acids is 2. The van der Waals surface area contributed by atoms with Crippen LogP contribution in [0.4, 0.5) is 0 Å². The van der Waals surface area contributed by atoms with E-state index in [9.17, 15) is 18.0 Å². The van der Waals surface area contributed by atoms with Crippen LogP contribution < -0.4 is 20.1 Å². The summed E-state index contributed by atoms with van der Waals surface area (Å²) in [5, 5.41) is 5.54. The molecule has 2 amide bonds. The molecule has 0 fully saturated rings. The summed E-state index contributed by atoms with van der Waals surface area (Å²) in [6.45, 7) is 1.88. The molecular formula is C26H28N2O7S. The number of ether oxygens (including phenoxy) is 2. The van der Waals surface area contributed by atoms with Gasteiger partial charge in [0.1, 0.15) is 11.5 Å². The van der Waals surface area contributed by atoms with Gasteiger partial charge < -0.3 is 24.5 Å². The van der Waals surface area contributed by atoms with Gasteiger partial charge in [-0.1, -0.05) is 19.1 Å². The Morgan fingerprint density at radius 1 is 1.03 bits per heavy atom. The second kappa shape index (κ2) is 11.6. The first kappa shape index (κ1) is 26.6. The van der Waals surface area contributed by atoms with Crippen LogP contribution in [0.2, 0.25) is 0 Å². The van der Waals surface area contributed by atoms with Gasteiger partial charge in [0.15, 0.2) is 21.3 Å². The van der Waals surface area contributed by atoms with Crippen LogP contribution in [-0.2, 0) is 14.6 Å². The molecule has 1 aromatic heterocycles. The molecule has 0 spiro atoms. The molecule has 2 aromatic carbocycles. The van der Waals surface area contributed by atoms with Gasteiger partial charge in [-0.25, -0.2) is 8.42 Å². The van der Waals surface area contributed by atoms with Crippen molar-refractivity contribution in [3.63, 3.8) is 0 Å². The van der Waals surface area contributed by atoms with Crippen molar-refractivity contribution in [2.75, 3.05) is 20.5 Å². The lowest BCUT2D eigenvalue weighted by molar-refractivity contribution is -0.118. The maximum atomic E-state index is 13.3. The molecule has 36 heavy (non-hydrogen) atoms. The molecule has 1 unspecified atom stereocenters. The number of rotatable bonds is 10. The number of benzene rings is 2. The van der Waals surface area contributed by atoms with Crippen LogP contribution in [0.3, 0.4) is 0 Å². The maximum Gasteiger partial charge on any atom is 0.268 e. The number of hydrogen-bond donors (Lipinski definition) is 2. The highest BCUT2D eigenvalue weighted by molar-refractivity contribution is 7.90. The highest BCUT2D eigenvalue weighted by Crippen LogP contribution is 2.27. The first-order valence-electron chi connectivity index (χ1n) is 11.1. The molecule has 0 aliphatic rings. The van der Waals surface area contributed by atoms with Gasteiger partial charge >= 0.3 is 0 Å². The first-order chi connectivity index (χ1) is 17.2. The second-order valence-electron chi connectivity index (χ2n) is 7.87. The Morgan fingerprint density at radius 3 is 2.28 bits per heavy atom. The van der Waals surface area contributed by atoms with Crippen molar-refractivity contribution in [2.45, 2.75) is 24.3 Å². The molecular weight excluding hydrogens is 484 g/mol. The maximum absolute atomic E-state index is 13.3. The Bertz CT molecular complexity index is 1350. The summed E-state index contributed by atoms with van der Waals surface area (Å²) in [7, 11) is -0.386. The monoisotopic (exact) mass is 512 g/mol. The van der Waals surface area contributed by atoms with Crippen molar-refractivity contribution in [3.05, 3.63) is 83.4 Å². The van der Waals surface area contributed by atoms with E-state index >= 15 is 0 Å². The van der Waals surface area contributed by atoms with E-state index in [4.69, 9.17) is 13.9 Å². The van der Waals surface area contributed by atoms with Gasteiger partial charge in [-0.05, 0) is 54.4 Å². The molecule has 190 valence electrons. The lowest BCUT2D eigenvalue weighted by atomic mass is 10.0. The third-order valence-electron chi connectivity index (χ3n) is 5.39. The largest absolute Gasteiger partial charge is 0.493 e. The van der Waals surface area contributed by atoms with Crippen molar-refractivity contribution in [1.29, 1.82) is 0 Å². The Labute approximate surface area is 210 Å². The van der Waals surface area contributed by atoms with Gasteiger partial charge in [-0.3, -0.25) is 9.59 Å². The number of furan rings is 1. The van der Waals surface area contributed by atoms with Crippen molar-refractivity contribution >= 4 is 27.7 Å². The number of amides is 2. The minimum Gasteiger partial charge on any atom is -0.493 e. The molecule has 3 aromatic rings. The fraction of sp³-hybridized carbons (Fsp3) is 0.231. The lowest BCUT2D eigenvalue weighted by Gasteiger charge is -2.19. The average molecular weight is 513 g/mol. The Hall–Kier alpha value is -4.05. The molecule has 0 bridgehead atoms. The van der Waals surface area contributed by atoms with Crippen molar-refractivity contribution in [3.8, 4) is 11.5 Å². The predicted octanol–water partition coefficient (Wildman–Crippen LogP) is 3.74. The molecule has 0 aliphatic heterocycles. The summed E-state index contributed by atoms with van der Waals surface area (Å²) in [4.78, 5) is 26.4. The third-order valence-corrected chi connectivity index (χ3v) is 6.52. The molecule has 10 heteroatoms. The SMILES string of the molecule is CCC(NC(=O)/C(=C/c1ccco1)NC(=O)c1ccc(OC)c(OC)c1)c1ccc(S(C)(=O)=O)cc1. The molecule has 9 nitrogen and oxygen atoms in total. The summed E-state index contributed by atoms with van der Waals surface area (Å²) in [6.07, 6.45) is 4.54. The number of methoxy groups -OCH3 is 2.